The Hall–Kier alpha value is -4.99. The molecule has 0 saturated carbocycles. The van der Waals surface area contributed by atoms with Crippen LogP contribution in [-0.4, -0.2) is 41.2 Å². The van der Waals surface area contributed by atoms with Crippen molar-refractivity contribution in [3.63, 3.8) is 0 Å². The lowest BCUT2D eigenvalue weighted by molar-refractivity contribution is 0.101. The highest BCUT2D eigenvalue weighted by molar-refractivity contribution is 6.13. The maximum Gasteiger partial charge on any atom is 0.276 e. The van der Waals surface area contributed by atoms with Gasteiger partial charge in [0.1, 0.15) is 11.4 Å². The fourth-order valence-electron chi connectivity index (χ4n) is 4.18. The monoisotopic (exact) mass is 494 g/mol. The van der Waals surface area contributed by atoms with Gasteiger partial charge < -0.3 is 10.6 Å². The normalized spacial score (nSPS) is 10.9. The lowest BCUT2D eigenvalue weighted by Crippen LogP contribution is -2.21. The zero-order valence-corrected chi connectivity index (χ0v) is 20.9. The Kier molecular flexibility index (Phi) is 6.14. The van der Waals surface area contributed by atoms with E-state index >= 15 is 0 Å². The Balaban J connectivity index is 1.52. The van der Waals surface area contributed by atoms with Crippen molar-refractivity contribution in [3.8, 4) is 16.9 Å². The number of nitrogens with one attached hydrogen (secondary N) is 2. The molecule has 10 nitrogen and oxygen atoms in total. The average Bonchev–Trinajstić information content (AvgIpc) is 3.55. The molecule has 0 aliphatic heterocycles. The Morgan fingerprint density at radius 2 is 1.32 bits per heavy atom. The number of aromatic nitrogens is 6. The minimum atomic E-state index is -0.411. The van der Waals surface area contributed by atoms with Crippen LogP contribution in [0.25, 0.3) is 16.9 Å². The van der Waals surface area contributed by atoms with Crippen molar-refractivity contribution in [1.82, 2.24) is 29.3 Å². The van der Waals surface area contributed by atoms with Gasteiger partial charge in [-0.15, -0.1) is 0 Å². The van der Waals surface area contributed by atoms with Crippen LogP contribution in [0.3, 0.4) is 0 Å². The van der Waals surface area contributed by atoms with Gasteiger partial charge in [0, 0.05) is 19.7 Å². The molecule has 10 heteroatoms. The lowest BCUT2D eigenvalue weighted by Gasteiger charge is -2.10. The number of rotatable bonds is 6. The molecule has 0 radical (unpaired) electrons. The number of hydrogen-bond donors (Lipinski definition) is 2. The highest BCUT2D eigenvalue weighted by Gasteiger charge is 2.26. The molecule has 37 heavy (non-hydrogen) atoms. The Morgan fingerprint density at radius 1 is 0.730 bits per heavy atom. The number of carbonyl (C=O) groups excluding carboxylic acids is 2. The van der Waals surface area contributed by atoms with Crippen molar-refractivity contribution in [2.24, 2.45) is 14.1 Å². The van der Waals surface area contributed by atoms with Crippen LogP contribution >= 0.6 is 0 Å². The molecule has 3 heterocycles. The molecule has 0 aliphatic rings. The molecule has 0 fully saturated rings. The van der Waals surface area contributed by atoms with Crippen LogP contribution < -0.4 is 10.6 Å². The van der Waals surface area contributed by atoms with Crippen LogP contribution in [0.2, 0.25) is 0 Å². The topological polar surface area (TPSA) is 112 Å². The molecule has 2 amide bonds. The van der Waals surface area contributed by atoms with Crippen LogP contribution in [0.5, 0.6) is 0 Å². The lowest BCUT2D eigenvalue weighted by atomic mass is 10.1. The van der Waals surface area contributed by atoms with Crippen molar-refractivity contribution in [1.29, 1.82) is 0 Å². The van der Waals surface area contributed by atoms with Crippen LogP contribution in [0, 0.1) is 13.8 Å². The summed E-state index contributed by atoms with van der Waals surface area (Å²) in [7, 11) is 3.44. The van der Waals surface area contributed by atoms with Crippen molar-refractivity contribution >= 4 is 23.2 Å². The first-order valence-electron chi connectivity index (χ1n) is 11.7. The van der Waals surface area contributed by atoms with Crippen LogP contribution in [0.1, 0.15) is 32.2 Å². The summed E-state index contributed by atoms with van der Waals surface area (Å²) in [5.74, 6) is -0.801. The number of nitrogens with zero attached hydrogens (tertiary/aromatic N) is 6. The van der Waals surface area contributed by atoms with E-state index in [1.165, 1.54) is 10.9 Å². The summed E-state index contributed by atoms with van der Waals surface area (Å²) in [6.45, 7) is 3.70. The molecule has 3 aromatic heterocycles. The minimum Gasteiger partial charge on any atom is -0.318 e. The largest absolute Gasteiger partial charge is 0.318 e. The number of anilines is 2. The van der Waals surface area contributed by atoms with Gasteiger partial charge in [-0.1, -0.05) is 48.5 Å². The number of carbonyl (C=O) groups is 2. The Bertz CT molecular complexity index is 1600. The van der Waals surface area contributed by atoms with Gasteiger partial charge in [0.25, 0.3) is 11.8 Å². The maximum atomic E-state index is 13.7. The number of amides is 2. The maximum absolute atomic E-state index is 13.7. The molecule has 5 rings (SSSR count). The molecular weight excluding hydrogens is 468 g/mol. The van der Waals surface area contributed by atoms with Gasteiger partial charge in [0.2, 0.25) is 0 Å². The molecular formula is C27H26N8O2. The van der Waals surface area contributed by atoms with Gasteiger partial charge in [-0.2, -0.15) is 15.3 Å². The number of benzene rings is 2. The second kappa shape index (κ2) is 9.57. The van der Waals surface area contributed by atoms with Crippen molar-refractivity contribution < 1.29 is 9.59 Å². The molecule has 0 bridgehead atoms. The Labute approximate surface area is 213 Å². The predicted octanol–water partition coefficient (Wildman–Crippen LogP) is 4.13. The fraction of sp³-hybridized carbons (Fsp3) is 0.148. The van der Waals surface area contributed by atoms with Gasteiger partial charge in [-0.05, 0) is 26.0 Å². The molecule has 2 N–H and O–H groups in total. The van der Waals surface area contributed by atoms with Gasteiger partial charge >= 0.3 is 0 Å². The van der Waals surface area contributed by atoms with Crippen LogP contribution in [-0.2, 0) is 14.1 Å². The predicted molar refractivity (Wildman–Crippen MR) is 141 cm³/mol. The molecule has 0 saturated heterocycles. The minimum absolute atomic E-state index is 0.214. The zero-order chi connectivity index (χ0) is 26.1. The van der Waals surface area contributed by atoms with Crippen molar-refractivity contribution in [3.05, 3.63) is 95.7 Å². The molecule has 0 unspecified atom stereocenters. The third-order valence-electron chi connectivity index (χ3n) is 6.28. The van der Waals surface area contributed by atoms with E-state index in [0.717, 1.165) is 16.9 Å². The van der Waals surface area contributed by atoms with Crippen LogP contribution in [0.4, 0.5) is 11.4 Å². The molecule has 186 valence electrons. The van der Waals surface area contributed by atoms with Crippen LogP contribution in [0.15, 0.2) is 73.1 Å². The summed E-state index contributed by atoms with van der Waals surface area (Å²) in [5.41, 5.74) is 5.15. The molecule has 2 aromatic carbocycles. The third-order valence-corrected chi connectivity index (χ3v) is 6.28. The van der Waals surface area contributed by atoms with E-state index in [0.29, 0.717) is 22.6 Å². The highest BCUT2D eigenvalue weighted by atomic mass is 16.2. The van der Waals surface area contributed by atoms with E-state index in [2.05, 4.69) is 20.8 Å². The molecule has 5 aromatic rings. The van der Waals surface area contributed by atoms with E-state index in [1.807, 2.05) is 74.5 Å². The van der Waals surface area contributed by atoms with Crippen molar-refractivity contribution in [2.45, 2.75) is 13.8 Å². The molecule has 0 spiro atoms. The van der Waals surface area contributed by atoms with Gasteiger partial charge in [0.15, 0.2) is 0 Å². The Morgan fingerprint density at radius 3 is 1.97 bits per heavy atom. The quantitative estimate of drug-likeness (QED) is 0.369. The van der Waals surface area contributed by atoms with E-state index in [-0.39, 0.29) is 11.4 Å². The van der Waals surface area contributed by atoms with E-state index < -0.39 is 11.8 Å². The number of aryl methyl sites for hydroxylation is 2. The van der Waals surface area contributed by atoms with E-state index in [4.69, 9.17) is 5.10 Å². The summed E-state index contributed by atoms with van der Waals surface area (Å²) in [5, 5.41) is 18.9. The smallest absolute Gasteiger partial charge is 0.276 e. The van der Waals surface area contributed by atoms with Crippen molar-refractivity contribution in [2.75, 3.05) is 10.6 Å². The summed E-state index contributed by atoms with van der Waals surface area (Å²) in [6, 6.07) is 19.2. The third kappa shape index (κ3) is 4.40. The zero-order valence-electron chi connectivity index (χ0n) is 20.9. The summed E-state index contributed by atoms with van der Waals surface area (Å²) in [6.07, 6.45) is 3.04. The van der Waals surface area contributed by atoms with Gasteiger partial charge in [-0.25, -0.2) is 4.68 Å². The first-order chi connectivity index (χ1) is 17.8. The highest BCUT2D eigenvalue weighted by Crippen LogP contribution is 2.29. The fourth-order valence-corrected chi connectivity index (χ4v) is 4.18. The summed E-state index contributed by atoms with van der Waals surface area (Å²) >= 11 is 0. The second-order valence-electron chi connectivity index (χ2n) is 8.63. The summed E-state index contributed by atoms with van der Waals surface area (Å²) < 4.78 is 4.84. The van der Waals surface area contributed by atoms with E-state index in [9.17, 15) is 9.59 Å². The summed E-state index contributed by atoms with van der Waals surface area (Å²) in [4.78, 5) is 26.9. The molecule has 0 atom stereocenters. The van der Waals surface area contributed by atoms with Gasteiger partial charge in [-0.3, -0.25) is 19.0 Å². The first-order valence-corrected chi connectivity index (χ1v) is 11.7. The van der Waals surface area contributed by atoms with Gasteiger partial charge in [0.05, 0.1) is 46.4 Å². The second-order valence-corrected chi connectivity index (χ2v) is 8.63. The van der Waals surface area contributed by atoms with E-state index in [1.54, 1.807) is 29.7 Å². The molecule has 0 aliphatic carbocycles. The average molecular weight is 495 g/mol. The number of hydrogen-bond acceptors (Lipinski definition) is 5. The number of para-hydroxylation sites is 1. The SMILES string of the molecule is Cc1c(NC(=O)c2c(NC(=O)c3c(-c4ccccc4)nn(-c4ccccc4)c3C)cnn2C)cnn1C. The first kappa shape index (κ1) is 23.7. The standard InChI is InChI=1S/C27H26N8O2/c1-17-21(15-28-33(17)3)30-27(37)25-22(16-29-34(25)4)31-26(36)23-18(2)35(20-13-9-6-10-14-20)32-24(23)19-11-7-5-8-12-19/h5-16H,1-4H3,(H,30,37)(H,31,36).